The van der Waals surface area contributed by atoms with E-state index in [0.717, 1.165) is 11.3 Å². The van der Waals surface area contributed by atoms with Crippen molar-refractivity contribution >= 4 is 45.5 Å². The van der Waals surface area contributed by atoms with Crippen LogP contribution in [-0.2, 0) is 9.47 Å². The lowest BCUT2D eigenvalue weighted by Gasteiger charge is -2.06. The summed E-state index contributed by atoms with van der Waals surface area (Å²) < 4.78 is 9.65. The average molecular weight is 335 g/mol. The summed E-state index contributed by atoms with van der Waals surface area (Å²) in [7, 11) is 6.21. The van der Waals surface area contributed by atoms with Gasteiger partial charge in [-0.05, 0) is 13.0 Å². The normalized spacial score (nSPS) is 11.0. The van der Waals surface area contributed by atoms with Gasteiger partial charge in [-0.25, -0.2) is 19.6 Å². The van der Waals surface area contributed by atoms with E-state index in [2.05, 4.69) is 9.98 Å². The third-order valence-corrected chi connectivity index (χ3v) is 4.01. The number of carbonyl (C=O) groups is 2. The molecule has 0 spiro atoms. The zero-order chi connectivity index (χ0) is 17.1. The highest BCUT2D eigenvalue weighted by molar-refractivity contribution is 7.21. The molecular weight excluding hydrogens is 318 g/mol. The number of methoxy groups -OCH3 is 2. The number of hydrogen-bond donors (Lipinski definition) is 0. The second-order valence-corrected chi connectivity index (χ2v) is 5.96. The van der Waals surface area contributed by atoms with Crippen LogP contribution in [0.25, 0.3) is 10.2 Å². The summed E-state index contributed by atoms with van der Waals surface area (Å²) in [6.07, 6.45) is 1.55. The number of thiophene rings is 1. The van der Waals surface area contributed by atoms with E-state index in [-0.39, 0.29) is 0 Å². The van der Waals surface area contributed by atoms with Crippen LogP contribution in [0.15, 0.2) is 11.1 Å². The SMILES string of the molecule is COC(=O)c1sc2nc(C)cc(C(=O)OC)c2c1N=CN(C)C. The molecule has 0 fully saturated rings. The van der Waals surface area contributed by atoms with Crippen LogP contribution < -0.4 is 0 Å². The zero-order valence-corrected chi connectivity index (χ0v) is 14.4. The van der Waals surface area contributed by atoms with Gasteiger partial charge in [-0.2, -0.15) is 0 Å². The summed E-state index contributed by atoms with van der Waals surface area (Å²) in [5, 5.41) is 0.492. The fourth-order valence-corrected chi connectivity index (χ4v) is 3.11. The molecule has 0 radical (unpaired) electrons. The summed E-state index contributed by atoms with van der Waals surface area (Å²) >= 11 is 1.14. The highest BCUT2D eigenvalue weighted by Crippen LogP contribution is 2.40. The number of pyridine rings is 1. The number of aryl methyl sites for hydroxylation is 1. The van der Waals surface area contributed by atoms with Crippen molar-refractivity contribution in [2.24, 2.45) is 4.99 Å². The minimum atomic E-state index is -0.521. The van der Waals surface area contributed by atoms with Crippen molar-refractivity contribution in [3.05, 3.63) is 22.2 Å². The van der Waals surface area contributed by atoms with Gasteiger partial charge in [0.05, 0.1) is 31.5 Å². The maximum atomic E-state index is 12.1. The van der Waals surface area contributed by atoms with Crippen LogP contribution in [0.3, 0.4) is 0 Å². The lowest BCUT2D eigenvalue weighted by atomic mass is 10.1. The lowest BCUT2D eigenvalue weighted by molar-refractivity contribution is 0.0594. The average Bonchev–Trinajstić information content (AvgIpc) is 2.88. The summed E-state index contributed by atoms with van der Waals surface area (Å²) in [6.45, 7) is 1.77. The molecule has 2 rings (SSSR count). The van der Waals surface area contributed by atoms with Gasteiger partial charge in [-0.3, -0.25) is 0 Å². The van der Waals surface area contributed by atoms with Gasteiger partial charge in [0.2, 0.25) is 0 Å². The van der Waals surface area contributed by atoms with Crippen LogP contribution >= 0.6 is 11.3 Å². The predicted octanol–water partition coefficient (Wildman–Crippen LogP) is 2.40. The third-order valence-electron chi connectivity index (χ3n) is 2.96. The Labute approximate surface area is 137 Å². The number of hydrogen-bond acceptors (Lipinski definition) is 7. The molecule has 0 aliphatic rings. The fourth-order valence-electron chi connectivity index (χ4n) is 2.00. The molecule has 0 atom stereocenters. The van der Waals surface area contributed by atoms with Crippen LogP contribution in [0.5, 0.6) is 0 Å². The van der Waals surface area contributed by atoms with Gasteiger partial charge < -0.3 is 14.4 Å². The first-order valence-corrected chi connectivity index (χ1v) is 7.52. The molecule has 0 saturated carbocycles. The lowest BCUT2D eigenvalue weighted by Crippen LogP contribution is -2.08. The first-order valence-electron chi connectivity index (χ1n) is 6.70. The fraction of sp³-hybridized carbons (Fsp3) is 0.333. The first-order chi connectivity index (χ1) is 10.9. The topological polar surface area (TPSA) is 81.1 Å². The summed E-state index contributed by atoms with van der Waals surface area (Å²) in [6, 6.07) is 1.62. The van der Waals surface area contributed by atoms with Crippen molar-refractivity contribution in [3.63, 3.8) is 0 Å². The van der Waals surface area contributed by atoms with Crippen LogP contribution in [0.2, 0.25) is 0 Å². The van der Waals surface area contributed by atoms with Crippen molar-refractivity contribution in [2.45, 2.75) is 6.92 Å². The Balaban J connectivity index is 2.84. The van der Waals surface area contributed by atoms with Gasteiger partial charge in [0, 0.05) is 19.8 Å². The van der Waals surface area contributed by atoms with Gasteiger partial charge >= 0.3 is 11.9 Å². The molecule has 0 bridgehead atoms. The van der Waals surface area contributed by atoms with Crippen LogP contribution in [-0.4, -0.2) is 56.5 Å². The van der Waals surface area contributed by atoms with Crippen molar-refractivity contribution in [3.8, 4) is 0 Å². The molecule has 0 amide bonds. The molecule has 2 aromatic rings. The van der Waals surface area contributed by atoms with E-state index >= 15 is 0 Å². The van der Waals surface area contributed by atoms with Crippen LogP contribution in [0, 0.1) is 6.92 Å². The minimum Gasteiger partial charge on any atom is -0.465 e. The summed E-state index contributed by atoms with van der Waals surface area (Å²) in [5.74, 6) is -1.02. The third kappa shape index (κ3) is 3.31. The van der Waals surface area contributed by atoms with Crippen LogP contribution in [0.4, 0.5) is 5.69 Å². The van der Waals surface area contributed by atoms with Crippen LogP contribution in [0.1, 0.15) is 25.7 Å². The minimum absolute atomic E-state index is 0.295. The van der Waals surface area contributed by atoms with Crippen molar-refractivity contribution in [1.29, 1.82) is 0 Å². The Morgan fingerprint density at radius 1 is 1.26 bits per heavy atom. The number of nitrogens with zero attached hydrogens (tertiary/aromatic N) is 3. The second kappa shape index (κ2) is 6.74. The molecule has 23 heavy (non-hydrogen) atoms. The number of aromatic nitrogens is 1. The van der Waals surface area contributed by atoms with E-state index in [9.17, 15) is 9.59 Å². The number of rotatable bonds is 4. The highest BCUT2D eigenvalue weighted by Gasteiger charge is 2.25. The predicted molar refractivity (Wildman–Crippen MR) is 88.9 cm³/mol. The molecule has 2 heterocycles. The Kier molecular flexibility index (Phi) is 4.95. The number of aliphatic imine (C=N–C) groups is 1. The Morgan fingerprint density at radius 2 is 1.91 bits per heavy atom. The standard InChI is InChI=1S/C15H17N3O4S/c1-8-6-9(14(19)21-4)10-11(16-7-18(2)3)12(15(20)22-5)23-13(10)17-8/h6-7H,1-5H3. The molecule has 0 aliphatic carbocycles. The van der Waals surface area contributed by atoms with E-state index in [1.54, 1.807) is 38.3 Å². The van der Waals surface area contributed by atoms with E-state index in [1.807, 2.05) is 0 Å². The number of esters is 2. The van der Waals surface area contributed by atoms with Crippen molar-refractivity contribution in [2.75, 3.05) is 28.3 Å². The monoisotopic (exact) mass is 335 g/mol. The van der Waals surface area contributed by atoms with Gasteiger partial charge in [0.15, 0.2) is 0 Å². The number of carbonyl (C=O) groups excluding carboxylic acids is 2. The largest absolute Gasteiger partial charge is 0.465 e. The molecule has 7 nitrogen and oxygen atoms in total. The summed E-state index contributed by atoms with van der Waals surface area (Å²) in [4.78, 5) is 35.4. The Morgan fingerprint density at radius 3 is 2.48 bits per heavy atom. The van der Waals surface area contributed by atoms with E-state index in [0.29, 0.717) is 32.0 Å². The quantitative estimate of drug-likeness (QED) is 0.485. The Hall–Kier alpha value is -2.48. The summed E-state index contributed by atoms with van der Waals surface area (Å²) in [5.41, 5.74) is 1.34. The molecule has 0 unspecified atom stereocenters. The smallest absolute Gasteiger partial charge is 0.350 e. The number of ether oxygens (including phenoxy) is 2. The molecule has 8 heteroatoms. The highest BCUT2D eigenvalue weighted by atomic mass is 32.1. The van der Waals surface area contributed by atoms with Crippen molar-refractivity contribution < 1.29 is 19.1 Å². The molecule has 0 N–H and O–H groups in total. The van der Waals surface area contributed by atoms with Gasteiger partial charge in [-0.15, -0.1) is 11.3 Å². The van der Waals surface area contributed by atoms with Gasteiger partial charge in [0.1, 0.15) is 15.4 Å². The zero-order valence-electron chi connectivity index (χ0n) is 13.5. The Bertz CT molecular complexity index is 796. The maximum Gasteiger partial charge on any atom is 0.350 e. The molecule has 0 aliphatic heterocycles. The molecule has 2 aromatic heterocycles. The molecule has 0 aromatic carbocycles. The van der Waals surface area contributed by atoms with E-state index in [4.69, 9.17) is 9.47 Å². The van der Waals surface area contributed by atoms with Gasteiger partial charge in [0.25, 0.3) is 0 Å². The number of fused-ring (bicyclic) bond motifs is 1. The molecule has 122 valence electrons. The first kappa shape index (κ1) is 16.9. The second-order valence-electron chi connectivity index (χ2n) is 4.96. The maximum absolute atomic E-state index is 12.1. The van der Waals surface area contributed by atoms with Gasteiger partial charge in [-0.1, -0.05) is 0 Å². The van der Waals surface area contributed by atoms with E-state index in [1.165, 1.54) is 14.2 Å². The molecular formula is C15H17N3O4S. The van der Waals surface area contributed by atoms with E-state index < -0.39 is 11.9 Å². The van der Waals surface area contributed by atoms with Crippen molar-refractivity contribution in [1.82, 2.24) is 9.88 Å². The molecule has 0 saturated heterocycles.